The Morgan fingerprint density at radius 3 is 2.59 bits per heavy atom. The van der Waals surface area contributed by atoms with Gasteiger partial charge in [0.25, 0.3) is 0 Å². The van der Waals surface area contributed by atoms with Crippen LogP contribution in [0.4, 0.5) is 0 Å². The minimum atomic E-state index is 0.397. The highest BCUT2D eigenvalue weighted by Crippen LogP contribution is 2.40. The molecule has 0 spiro atoms. The van der Waals surface area contributed by atoms with Gasteiger partial charge in [-0.2, -0.15) is 0 Å². The summed E-state index contributed by atoms with van der Waals surface area (Å²) >= 11 is 0. The first-order valence-corrected chi connectivity index (χ1v) is 7.36. The first-order valence-electron chi connectivity index (χ1n) is 7.36. The number of hydrogen-bond donors (Lipinski definition) is 1. The van der Waals surface area contributed by atoms with Crippen LogP contribution < -0.4 is 5.32 Å². The van der Waals surface area contributed by atoms with E-state index in [1.165, 1.54) is 51.9 Å². The Labute approximate surface area is 107 Å². The number of hydrogen-bond acceptors (Lipinski definition) is 2. The van der Waals surface area contributed by atoms with Crippen LogP contribution in [0.5, 0.6) is 0 Å². The summed E-state index contributed by atoms with van der Waals surface area (Å²) in [5, 5.41) is 3.81. The van der Waals surface area contributed by atoms with E-state index in [1.54, 1.807) is 0 Å². The normalized spacial score (nSPS) is 32.5. The van der Waals surface area contributed by atoms with Gasteiger partial charge in [0, 0.05) is 12.1 Å². The lowest BCUT2D eigenvalue weighted by Gasteiger charge is -2.35. The van der Waals surface area contributed by atoms with E-state index in [0.717, 1.165) is 5.92 Å². The molecule has 0 aromatic rings. The van der Waals surface area contributed by atoms with Crippen molar-refractivity contribution in [2.75, 3.05) is 26.2 Å². The predicted octanol–water partition coefficient (Wildman–Crippen LogP) is 2.89. The highest BCUT2D eigenvalue weighted by Gasteiger charge is 2.42. The van der Waals surface area contributed by atoms with Gasteiger partial charge in [0.1, 0.15) is 0 Å². The highest BCUT2D eigenvalue weighted by atomic mass is 15.2. The second-order valence-electron chi connectivity index (χ2n) is 7.56. The van der Waals surface area contributed by atoms with Crippen LogP contribution in [0.25, 0.3) is 0 Å². The summed E-state index contributed by atoms with van der Waals surface area (Å²) in [7, 11) is 0. The maximum atomic E-state index is 3.81. The van der Waals surface area contributed by atoms with Gasteiger partial charge in [-0.05, 0) is 63.6 Å². The van der Waals surface area contributed by atoms with Crippen molar-refractivity contribution in [2.45, 2.75) is 58.9 Å². The number of nitrogens with one attached hydrogen (secondary N) is 1. The van der Waals surface area contributed by atoms with E-state index in [4.69, 9.17) is 0 Å². The Morgan fingerprint density at radius 1 is 1.29 bits per heavy atom. The van der Waals surface area contributed by atoms with Crippen LogP contribution in [-0.4, -0.2) is 36.6 Å². The van der Waals surface area contributed by atoms with Crippen LogP contribution in [0.15, 0.2) is 0 Å². The van der Waals surface area contributed by atoms with E-state index < -0.39 is 0 Å². The number of rotatable bonds is 3. The molecular formula is C15H30N2. The lowest BCUT2D eigenvalue weighted by molar-refractivity contribution is 0.179. The summed E-state index contributed by atoms with van der Waals surface area (Å²) in [6.45, 7) is 14.5. The van der Waals surface area contributed by atoms with Crippen LogP contribution in [0.3, 0.4) is 0 Å². The minimum Gasteiger partial charge on any atom is -0.310 e. The molecule has 1 N–H and O–H groups in total. The molecule has 1 aliphatic heterocycles. The molecule has 0 amide bonds. The van der Waals surface area contributed by atoms with Crippen LogP contribution >= 0.6 is 0 Å². The van der Waals surface area contributed by atoms with Crippen molar-refractivity contribution < 1.29 is 0 Å². The molecule has 1 aliphatic carbocycles. The molecule has 1 atom stereocenters. The molecule has 1 heterocycles. The van der Waals surface area contributed by atoms with Gasteiger partial charge in [0.05, 0.1) is 0 Å². The Morgan fingerprint density at radius 2 is 2.00 bits per heavy atom. The summed E-state index contributed by atoms with van der Waals surface area (Å²) in [6, 6.07) is 0. The molecule has 2 fully saturated rings. The topological polar surface area (TPSA) is 15.3 Å². The Bertz CT molecular complexity index is 252. The predicted molar refractivity (Wildman–Crippen MR) is 74.3 cm³/mol. The maximum absolute atomic E-state index is 3.81. The lowest BCUT2D eigenvalue weighted by atomic mass is 9.91. The van der Waals surface area contributed by atoms with E-state index in [-0.39, 0.29) is 0 Å². The van der Waals surface area contributed by atoms with Gasteiger partial charge in [-0.3, -0.25) is 0 Å². The van der Waals surface area contributed by atoms with E-state index in [1.807, 2.05) is 0 Å². The van der Waals surface area contributed by atoms with Crippen molar-refractivity contribution in [1.82, 2.24) is 10.2 Å². The van der Waals surface area contributed by atoms with Crippen molar-refractivity contribution in [3.8, 4) is 0 Å². The maximum Gasteiger partial charge on any atom is 0.0308 e. The summed E-state index contributed by atoms with van der Waals surface area (Å²) < 4.78 is 0. The molecule has 0 aromatic heterocycles. The zero-order chi connectivity index (χ0) is 12.5. The van der Waals surface area contributed by atoms with Crippen LogP contribution in [0, 0.1) is 11.3 Å². The van der Waals surface area contributed by atoms with Crippen LogP contribution in [0.1, 0.15) is 53.4 Å². The molecule has 1 unspecified atom stereocenters. The fourth-order valence-corrected chi connectivity index (χ4v) is 2.95. The van der Waals surface area contributed by atoms with Crippen LogP contribution in [-0.2, 0) is 0 Å². The first kappa shape index (κ1) is 13.4. The molecule has 1 saturated heterocycles. The summed E-state index contributed by atoms with van der Waals surface area (Å²) in [5.41, 5.74) is 0.865. The van der Waals surface area contributed by atoms with E-state index in [0.29, 0.717) is 11.0 Å². The van der Waals surface area contributed by atoms with E-state index in [2.05, 4.69) is 37.9 Å². The molecule has 2 nitrogen and oxygen atoms in total. The lowest BCUT2D eigenvalue weighted by Crippen LogP contribution is -2.51. The van der Waals surface area contributed by atoms with Crippen molar-refractivity contribution in [3.63, 3.8) is 0 Å². The molecule has 2 rings (SSSR count). The first-order chi connectivity index (χ1) is 7.89. The Balaban J connectivity index is 1.88. The van der Waals surface area contributed by atoms with Gasteiger partial charge in [-0.25, -0.2) is 0 Å². The minimum absolute atomic E-state index is 0.397. The molecule has 1 saturated carbocycles. The van der Waals surface area contributed by atoms with Gasteiger partial charge >= 0.3 is 0 Å². The second-order valence-corrected chi connectivity index (χ2v) is 7.56. The van der Waals surface area contributed by atoms with E-state index >= 15 is 0 Å². The molecular weight excluding hydrogens is 208 g/mol. The van der Waals surface area contributed by atoms with Gasteiger partial charge in [-0.1, -0.05) is 20.8 Å². The smallest absolute Gasteiger partial charge is 0.0308 e. The molecule has 2 aliphatic rings. The summed E-state index contributed by atoms with van der Waals surface area (Å²) in [5.74, 6) is 0.942. The molecule has 2 heteroatoms. The summed E-state index contributed by atoms with van der Waals surface area (Å²) in [4.78, 5) is 2.70. The highest BCUT2D eigenvalue weighted by molar-refractivity contribution is 5.01. The Hall–Kier alpha value is -0.0800. The molecule has 17 heavy (non-hydrogen) atoms. The fraction of sp³-hybridized carbons (Fsp3) is 1.00. The zero-order valence-corrected chi connectivity index (χ0v) is 12.2. The van der Waals surface area contributed by atoms with Gasteiger partial charge < -0.3 is 10.2 Å². The van der Waals surface area contributed by atoms with Crippen molar-refractivity contribution in [2.24, 2.45) is 11.3 Å². The molecule has 0 aromatic carbocycles. The molecule has 100 valence electrons. The monoisotopic (exact) mass is 238 g/mol. The standard InChI is InChI=1S/C15H30N2/c1-14(2,3)8-11-17-10-5-9-16-15(4,12-17)13-6-7-13/h13,16H,5-12H2,1-4H3. The van der Waals surface area contributed by atoms with Gasteiger partial charge in [0.2, 0.25) is 0 Å². The zero-order valence-electron chi connectivity index (χ0n) is 12.2. The number of nitrogens with zero attached hydrogens (tertiary/aromatic N) is 1. The molecule has 0 radical (unpaired) electrons. The van der Waals surface area contributed by atoms with Gasteiger partial charge in [0.15, 0.2) is 0 Å². The van der Waals surface area contributed by atoms with Crippen molar-refractivity contribution in [3.05, 3.63) is 0 Å². The quantitative estimate of drug-likeness (QED) is 0.813. The third-order valence-corrected chi connectivity index (χ3v) is 4.39. The Kier molecular flexibility index (Phi) is 3.84. The van der Waals surface area contributed by atoms with Crippen LogP contribution in [0.2, 0.25) is 0 Å². The third kappa shape index (κ3) is 3.96. The average molecular weight is 238 g/mol. The SMILES string of the molecule is CC(C)(C)CCN1CCCNC(C)(C2CC2)C1. The van der Waals surface area contributed by atoms with Crippen molar-refractivity contribution in [1.29, 1.82) is 0 Å². The molecule has 0 bridgehead atoms. The van der Waals surface area contributed by atoms with E-state index in [9.17, 15) is 0 Å². The summed E-state index contributed by atoms with van der Waals surface area (Å²) in [6.07, 6.45) is 5.51. The third-order valence-electron chi connectivity index (χ3n) is 4.39. The fourth-order valence-electron chi connectivity index (χ4n) is 2.95. The second kappa shape index (κ2) is 4.89. The van der Waals surface area contributed by atoms with Gasteiger partial charge in [-0.15, -0.1) is 0 Å². The van der Waals surface area contributed by atoms with Crippen molar-refractivity contribution >= 4 is 0 Å². The average Bonchev–Trinajstić information content (AvgIpc) is 3.00. The largest absolute Gasteiger partial charge is 0.310 e.